The number of fused-ring (bicyclic) bond motifs is 1. The Hall–Kier alpha value is -2.94. The number of benzene rings is 1. The van der Waals surface area contributed by atoms with Crippen LogP contribution in [-0.4, -0.2) is 22.5 Å². The summed E-state index contributed by atoms with van der Waals surface area (Å²) in [5.74, 6) is -0.108. The van der Waals surface area contributed by atoms with Crippen LogP contribution in [0.4, 0.5) is 18.3 Å². The fraction of sp³-hybridized carbons (Fsp3) is 0.167. The molecule has 1 amide bonds. The third-order valence-electron chi connectivity index (χ3n) is 4.04. The second kappa shape index (κ2) is 6.66. The third kappa shape index (κ3) is 3.50. The van der Waals surface area contributed by atoms with Crippen molar-refractivity contribution < 1.29 is 22.7 Å². The zero-order valence-electron chi connectivity index (χ0n) is 13.7. The zero-order valence-corrected chi connectivity index (χ0v) is 14.5. The summed E-state index contributed by atoms with van der Waals surface area (Å²) in [6.45, 7) is 0.642. The van der Waals surface area contributed by atoms with Crippen molar-refractivity contribution in [3.8, 4) is 17.0 Å². The number of carbonyl (C=O) groups is 1. The van der Waals surface area contributed by atoms with Gasteiger partial charge in [0.2, 0.25) is 0 Å². The Labute approximate surface area is 155 Å². The van der Waals surface area contributed by atoms with Crippen molar-refractivity contribution in [1.82, 2.24) is 9.97 Å². The van der Waals surface area contributed by atoms with Crippen LogP contribution in [0.1, 0.15) is 21.6 Å². The van der Waals surface area contributed by atoms with Gasteiger partial charge in [-0.1, -0.05) is 0 Å². The van der Waals surface area contributed by atoms with Gasteiger partial charge >= 0.3 is 6.18 Å². The van der Waals surface area contributed by atoms with E-state index >= 15 is 0 Å². The number of nitrogens with one attached hydrogen (secondary N) is 1. The van der Waals surface area contributed by atoms with E-state index in [-0.39, 0.29) is 5.13 Å². The minimum absolute atomic E-state index is 0.200. The predicted molar refractivity (Wildman–Crippen MR) is 93.9 cm³/mol. The number of halogens is 3. The quantitative estimate of drug-likeness (QED) is 0.718. The molecule has 0 aliphatic carbocycles. The number of hydrogen-bond acceptors (Lipinski definition) is 5. The summed E-state index contributed by atoms with van der Waals surface area (Å²) in [5, 5.41) is 4.33. The van der Waals surface area contributed by atoms with Crippen LogP contribution in [0, 0.1) is 0 Å². The topological polar surface area (TPSA) is 64.1 Å². The van der Waals surface area contributed by atoms with Gasteiger partial charge in [0, 0.05) is 23.6 Å². The molecule has 1 aliphatic rings. The monoisotopic (exact) mass is 391 g/mol. The molecule has 0 spiro atoms. The summed E-state index contributed by atoms with van der Waals surface area (Å²) in [6, 6.07) is 7.63. The molecule has 1 N–H and O–H groups in total. The lowest BCUT2D eigenvalue weighted by Gasteiger charge is -2.10. The molecule has 4 rings (SSSR count). The lowest BCUT2D eigenvalue weighted by atomic mass is 10.1. The van der Waals surface area contributed by atoms with E-state index in [2.05, 4.69) is 15.3 Å². The Bertz CT molecular complexity index is 1020. The first-order valence-electron chi connectivity index (χ1n) is 7.97. The Morgan fingerprint density at radius 1 is 1.26 bits per heavy atom. The number of anilines is 1. The van der Waals surface area contributed by atoms with E-state index < -0.39 is 23.3 Å². The van der Waals surface area contributed by atoms with Crippen molar-refractivity contribution >= 4 is 22.4 Å². The van der Waals surface area contributed by atoms with Crippen LogP contribution in [0.2, 0.25) is 0 Å². The second-order valence-electron chi connectivity index (χ2n) is 5.81. The molecule has 3 heterocycles. The molecular weight excluding hydrogens is 379 g/mol. The highest BCUT2D eigenvalue weighted by Gasteiger charge is 2.36. The van der Waals surface area contributed by atoms with E-state index in [1.807, 2.05) is 18.2 Å². The van der Waals surface area contributed by atoms with Crippen LogP contribution >= 0.6 is 11.3 Å². The fourth-order valence-corrected chi connectivity index (χ4v) is 3.50. The minimum Gasteiger partial charge on any atom is -0.493 e. The third-order valence-corrected chi connectivity index (χ3v) is 4.80. The fourth-order valence-electron chi connectivity index (χ4n) is 2.78. The molecule has 0 fully saturated rings. The van der Waals surface area contributed by atoms with Gasteiger partial charge < -0.3 is 4.74 Å². The van der Waals surface area contributed by atoms with Crippen molar-refractivity contribution in [2.75, 3.05) is 11.9 Å². The van der Waals surface area contributed by atoms with E-state index in [9.17, 15) is 18.0 Å². The van der Waals surface area contributed by atoms with Crippen molar-refractivity contribution in [3.05, 3.63) is 58.7 Å². The SMILES string of the molecule is O=C(Nc1nc(-c2ccc3c(c2)CCO3)cs1)c1ncccc1C(F)(F)F. The van der Waals surface area contributed by atoms with Crippen molar-refractivity contribution in [3.63, 3.8) is 0 Å². The Morgan fingerprint density at radius 3 is 2.93 bits per heavy atom. The molecule has 1 aromatic carbocycles. The van der Waals surface area contributed by atoms with Gasteiger partial charge in [0.25, 0.3) is 5.91 Å². The first-order valence-corrected chi connectivity index (χ1v) is 8.85. The van der Waals surface area contributed by atoms with Gasteiger partial charge in [-0.3, -0.25) is 15.1 Å². The van der Waals surface area contributed by atoms with Gasteiger partial charge in [-0.15, -0.1) is 11.3 Å². The highest BCUT2D eigenvalue weighted by molar-refractivity contribution is 7.14. The number of pyridine rings is 1. The van der Waals surface area contributed by atoms with Crippen LogP contribution in [0.15, 0.2) is 41.9 Å². The van der Waals surface area contributed by atoms with Crippen molar-refractivity contribution in [1.29, 1.82) is 0 Å². The molecule has 2 aromatic heterocycles. The molecule has 0 bridgehead atoms. The Balaban J connectivity index is 1.56. The summed E-state index contributed by atoms with van der Waals surface area (Å²) >= 11 is 1.13. The van der Waals surface area contributed by atoms with Gasteiger partial charge in [0.15, 0.2) is 5.13 Å². The molecule has 9 heteroatoms. The highest BCUT2D eigenvalue weighted by Crippen LogP contribution is 2.33. The number of carbonyl (C=O) groups excluding carboxylic acids is 1. The number of aromatic nitrogens is 2. The van der Waals surface area contributed by atoms with Crippen molar-refractivity contribution in [2.24, 2.45) is 0 Å². The maximum atomic E-state index is 13.0. The normalized spacial score (nSPS) is 13.1. The molecular formula is C18H12F3N3O2S. The lowest BCUT2D eigenvalue weighted by Crippen LogP contribution is -2.20. The standard InChI is InChI=1S/C18H12F3N3O2S/c19-18(20,21)12-2-1-6-22-15(12)16(25)24-17-23-13(9-27-17)10-3-4-14-11(8-10)5-7-26-14/h1-4,6,8-9H,5,7H2,(H,23,24,25). The zero-order chi connectivity index (χ0) is 19.0. The summed E-state index contributed by atoms with van der Waals surface area (Å²) in [6.07, 6.45) is -2.71. The van der Waals surface area contributed by atoms with Gasteiger partial charge in [-0.2, -0.15) is 13.2 Å². The van der Waals surface area contributed by atoms with Gasteiger partial charge in [-0.05, 0) is 35.9 Å². The average molecular weight is 391 g/mol. The van der Waals surface area contributed by atoms with E-state index in [4.69, 9.17) is 4.74 Å². The maximum absolute atomic E-state index is 13.0. The number of rotatable bonds is 3. The number of alkyl halides is 3. The lowest BCUT2D eigenvalue weighted by molar-refractivity contribution is -0.138. The molecule has 0 atom stereocenters. The number of nitrogens with zero attached hydrogens (tertiary/aromatic N) is 2. The molecule has 138 valence electrons. The molecule has 5 nitrogen and oxygen atoms in total. The van der Waals surface area contributed by atoms with Gasteiger partial charge in [-0.25, -0.2) is 4.98 Å². The molecule has 1 aliphatic heterocycles. The van der Waals surface area contributed by atoms with Crippen LogP contribution < -0.4 is 10.1 Å². The number of ether oxygens (including phenoxy) is 1. The number of hydrogen-bond donors (Lipinski definition) is 1. The van der Waals surface area contributed by atoms with E-state index in [0.717, 1.165) is 53.0 Å². The average Bonchev–Trinajstić information content (AvgIpc) is 3.29. The molecule has 0 radical (unpaired) electrons. The van der Waals surface area contributed by atoms with Gasteiger partial charge in [0.1, 0.15) is 11.4 Å². The van der Waals surface area contributed by atoms with Crippen LogP contribution in [0.5, 0.6) is 5.75 Å². The maximum Gasteiger partial charge on any atom is 0.418 e. The molecule has 3 aromatic rings. The summed E-state index contributed by atoms with van der Waals surface area (Å²) < 4.78 is 44.6. The Morgan fingerprint density at radius 2 is 2.11 bits per heavy atom. The molecule has 0 unspecified atom stereocenters. The molecule has 27 heavy (non-hydrogen) atoms. The van der Waals surface area contributed by atoms with Crippen LogP contribution in [0.3, 0.4) is 0 Å². The smallest absolute Gasteiger partial charge is 0.418 e. The second-order valence-corrected chi connectivity index (χ2v) is 6.67. The minimum atomic E-state index is -4.67. The van der Waals surface area contributed by atoms with E-state index in [1.165, 1.54) is 0 Å². The molecule has 0 saturated heterocycles. The number of amides is 1. The summed E-state index contributed by atoms with van der Waals surface area (Å²) in [4.78, 5) is 20.1. The number of thiazole rings is 1. The largest absolute Gasteiger partial charge is 0.493 e. The Kier molecular flexibility index (Phi) is 4.31. The van der Waals surface area contributed by atoms with Crippen molar-refractivity contribution in [2.45, 2.75) is 12.6 Å². The molecule has 0 saturated carbocycles. The highest BCUT2D eigenvalue weighted by atomic mass is 32.1. The van der Waals surface area contributed by atoms with E-state index in [1.54, 1.807) is 5.38 Å². The van der Waals surface area contributed by atoms with E-state index in [0.29, 0.717) is 12.3 Å². The first-order chi connectivity index (χ1) is 12.9. The first kappa shape index (κ1) is 17.5. The van der Waals surface area contributed by atoms with Gasteiger partial charge in [0.05, 0.1) is 17.9 Å². The summed E-state index contributed by atoms with van der Waals surface area (Å²) in [7, 11) is 0. The predicted octanol–water partition coefficient (Wildman–Crippen LogP) is 4.41. The van der Waals surface area contributed by atoms with Crippen LogP contribution in [0.25, 0.3) is 11.3 Å². The van der Waals surface area contributed by atoms with Crippen LogP contribution in [-0.2, 0) is 12.6 Å². The summed E-state index contributed by atoms with van der Waals surface area (Å²) in [5.41, 5.74) is 0.788.